The van der Waals surface area contributed by atoms with Gasteiger partial charge in [-0.1, -0.05) is 19.1 Å². The molecule has 0 bridgehead atoms. The predicted octanol–water partition coefficient (Wildman–Crippen LogP) is 1.52. The van der Waals surface area contributed by atoms with Gasteiger partial charge in [0.15, 0.2) is 0 Å². The minimum atomic E-state index is -3.51. The Morgan fingerprint density at radius 2 is 1.89 bits per heavy atom. The molecule has 0 spiro atoms. The van der Waals surface area contributed by atoms with E-state index in [2.05, 4.69) is 10.0 Å². The Labute approximate surface area is 115 Å². The van der Waals surface area contributed by atoms with E-state index in [0.29, 0.717) is 12.2 Å². The molecule has 1 atom stereocenters. The standard InChI is InChI=1S/C13H23N3O2S/c1-4-11(9-14)15-12-7-5-6-8-13(12)19(17,18)16-10(2)3/h5-8,10-11,15-16H,4,9,14H2,1-3H3. The fourth-order valence-corrected chi connectivity index (χ4v) is 3.16. The first kappa shape index (κ1) is 15.9. The molecule has 0 heterocycles. The van der Waals surface area contributed by atoms with Gasteiger partial charge < -0.3 is 11.1 Å². The quantitative estimate of drug-likeness (QED) is 0.709. The number of hydrogen-bond donors (Lipinski definition) is 3. The molecule has 0 aliphatic carbocycles. The Morgan fingerprint density at radius 3 is 2.42 bits per heavy atom. The second kappa shape index (κ2) is 6.88. The molecule has 1 aromatic rings. The summed E-state index contributed by atoms with van der Waals surface area (Å²) in [5.41, 5.74) is 6.23. The van der Waals surface area contributed by atoms with Crippen molar-refractivity contribution in [3.63, 3.8) is 0 Å². The lowest BCUT2D eigenvalue weighted by atomic mass is 10.2. The van der Waals surface area contributed by atoms with Crippen LogP contribution in [0, 0.1) is 0 Å². The monoisotopic (exact) mass is 285 g/mol. The van der Waals surface area contributed by atoms with Crippen LogP contribution in [0.15, 0.2) is 29.2 Å². The highest BCUT2D eigenvalue weighted by molar-refractivity contribution is 7.89. The highest BCUT2D eigenvalue weighted by atomic mass is 32.2. The highest BCUT2D eigenvalue weighted by Gasteiger charge is 2.20. The number of rotatable bonds is 7. The van der Waals surface area contributed by atoms with Crippen LogP contribution in [0.3, 0.4) is 0 Å². The smallest absolute Gasteiger partial charge is 0.242 e. The van der Waals surface area contributed by atoms with Crippen molar-refractivity contribution < 1.29 is 8.42 Å². The van der Waals surface area contributed by atoms with Crippen molar-refractivity contribution in [1.82, 2.24) is 4.72 Å². The molecule has 1 aromatic carbocycles. The van der Waals surface area contributed by atoms with Gasteiger partial charge in [-0.2, -0.15) is 0 Å². The first-order chi connectivity index (χ1) is 8.90. The normalized spacial score (nSPS) is 13.5. The molecule has 0 aliphatic rings. The summed E-state index contributed by atoms with van der Waals surface area (Å²) < 4.78 is 27.1. The zero-order chi connectivity index (χ0) is 14.5. The zero-order valence-corrected chi connectivity index (χ0v) is 12.5. The van der Waals surface area contributed by atoms with Crippen molar-refractivity contribution >= 4 is 15.7 Å². The Hall–Kier alpha value is -1.11. The molecule has 5 nitrogen and oxygen atoms in total. The van der Waals surface area contributed by atoms with Crippen molar-refractivity contribution in [2.24, 2.45) is 5.73 Å². The molecule has 108 valence electrons. The first-order valence-electron chi connectivity index (χ1n) is 6.48. The molecule has 0 saturated carbocycles. The fraction of sp³-hybridized carbons (Fsp3) is 0.538. The molecule has 1 rings (SSSR count). The molecule has 0 radical (unpaired) electrons. The molecule has 0 aromatic heterocycles. The van der Waals surface area contributed by atoms with Crippen LogP contribution in [0.25, 0.3) is 0 Å². The summed E-state index contributed by atoms with van der Waals surface area (Å²) in [6.07, 6.45) is 0.836. The van der Waals surface area contributed by atoms with Crippen LogP contribution in [-0.2, 0) is 10.0 Å². The van der Waals surface area contributed by atoms with E-state index in [-0.39, 0.29) is 17.0 Å². The average molecular weight is 285 g/mol. The SMILES string of the molecule is CCC(CN)Nc1ccccc1S(=O)(=O)NC(C)C. The van der Waals surface area contributed by atoms with Gasteiger partial charge in [-0.3, -0.25) is 0 Å². The Morgan fingerprint density at radius 1 is 1.26 bits per heavy atom. The van der Waals surface area contributed by atoms with Crippen LogP contribution in [-0.4, -0.2) is 27.0 Å². The van der Waals surface area contributed by atoms with Gasteiger partial charge in [0.25, 0.3) is 0 Å². The van der Waals surface area contributed by atoms with E-state index in [9.17, 15) is 8.42 Å². The molecule has 0 fully saturated rings. The van der Waals surface area contributed by atoms with Gasteiger partial charge in [0.2, 0.25) is 10.0 Å². The van der Waals surface area contributed by atoms with E-state index in [1.807, 2.05) is 6.92 Å². The summed E-state index contributed by atoms with van der Waals surface area (Å²) in [5.74, 6) is 0. The third-order valence-corrected chi connectivity index (χ3v) is 4.42. The van der Waals surface area contributed by atoms with E-state index in [1.165, 1.54) is 0 Å². The second-order valence-corrected chi connectivity index (χ2v) is 6.44. The molecular weight excluding hydrogens is 262 g/mol. The van der Waals surface area contributed by atoms with Gasteiger partial charge in [-0.15, -0.1) is 0 Å². The minimum Gasteiger partial charge on any atom is -0.380 e. The maximum absolute atomic E-state index is 12.2. The van der Waals surface area contributed by atoms with Gasteiger partial charge in [0.05, 0.1) is 5.69 Å². The summed E-state index contributed by atoms with van der Waals surface area (Å²) in [5, 5.41) is 3.18. The topological polar surface area (TPSA) is 84.2 Å². The third-order valence-electron chi connectivity index (χ3n) is 2.70. The van der Waals surface area contributed by atoms with Gasteiger partial charge in [0.1, 0.15) is 4.90 Å². The number of hydrogen-bond acceptors (Lipinski definition) is 4. The summed E-state index contributed by atoms with van der Waals surface area (Å²) in [4.78, 5) is 0.260. The van der Waals surface area contributed by atoms with Crippen LogP contribution >= 0.6 is 0 Å². The minimum absolute atomic E-state index is 0.0652. The lowest BCUT2D eigenvalue weighted by Crippen LogP contribution is -2.32. The number of anilines is 1. The van der Waals surface area contributed by atoms with E-state index in [4.69, 9.17) is 5.73 Å². The lowest BCUT2D eigenvalue weighted by molar-refractivity contribution is 0.570. The Kier molecular flexibility index (Phi) is 5.78. The van der Waals surface area contributed by atoms with Crippen molar-refractivity contribution in [1.29, 1.82) is 0 Å². The molecule has 0 saturated heterocycles. The van der Waals surface area contributed by atoms with Gasteiger partial charge >= 0.3 is 0 Å². The molecule has 6 heteroatoms. The van der Waals surface area contributed by atoms with E-state index in [0.717, 1.165) is 6.42 Å². The van der Waals surface area contributed by atoms with Gasteiger partial charge in [-0.25, -0.2) is 13.1 Å². The molecule has 4 N–H and O–H groups in total. The summed E-state index contributed by atoms with van der Waals surface area (Å²) >= 11 is 0. The van der Waals surface area contributed by atoms with Crippen molar-refractivity contribution in [3.8, 4) is 0 Å². The van der Waals surface area contributed by atoms with Gasteiger partial charge in [0, 0.05) is 18.6 Å². The fourth-order valence-electron chi connectivity index (χ4n) is 1.74. The van der Waals surface area contributed by atoms with Gasteiger partial charge in [-0.05, 0) is 32.4 Å². The van der Waals surface area contributed by atoms with Crippen molar-refractivity contribution in [2.75, 3.05) is 11.9 Å². The second-order valence-electron chi connectivity index (χ2n) is 4.76. The first-order valence-corrected chi connectivity index (χ1v) is 7.97. The molecule has 19 heavy (non-hydrogen) atoms. The number of benzene rings is 1. The number of sulfonamides is 1. The average Bonchev–Trinajstić information content (AvgIpc) is 2.34. The predicted molar refractivity (Wildman–Crippen MR) is 78.7 cm³/mol. The Bertz CT molecular complexity index is 496. The zero-order valence-electron chi connectivity index (χ0n) is 11.7. The van der Waals surface area contributed by atoms with Crippen LogP contribution in [0.2, 0.25) is 0 Å². The van der Waals surface area contributed by atoms with E-state index >= 15 is 0 Å². The highest BCUT2D eigenvalue weighted by Crippen LogP contribution is 2.22. The molecular formula is C13H23N3O2S. The third kappa shape index (κ3) is 4.49. The van der Waals surface area contributed by atoms with Crippen LogP contribution in [0.1, 0.15) is 27.2 Å². The van der Waals surface area contributed by atoms with Crippen LogP contribution in [0.4, 0.5) is 5.69 Å². The number of nitrogens with two attached hydrogens (primary N) is 1. The summed E-state index contributed by atoms with van der Waals surface area (Å²) in [6, 6.07) is 6.79. The molecule has 0 amide bonds. The molecule has 1 unspecified atom stereocenters. The largest absolute Gasteiger partial charge is 0.380 e. The summed E-state index contributed by atoms with van der Waals surface area (Å²) in [7, 11) is -3.51. The van der Waals surface area contributed by atoms with Crippen LogP contribution in [0.5, 0.6) is 0 Å². The van der Waals surface area contributed by atoms with Crippen LogP contribution < -0.4 is 15.8 Å². The Balaban J connectivity index is 3.08. The lowest BCUT2D eigenvalue weighted by Gasteiger charge is -2.19. The van der Waals surface area contributed by atoms with Crippen molar-refractivity contribution in [3.05, 3.63) is 24.3 Å². The van der Waals surface area contributed by atoms with Crippen molar-refractivity contribution in [2.45, 2.75) is 44.2 Å². The number of nitrogens with one attached hydrogen (secondary N) is 2. The maximum Gasteiger partial charge on any atom is 0.242 e. The van der Waals surface area contributed by atoms with E-state index < -0.39 is 10.0 Å². The summed E-state index contributed by atoms with van der Waals surface area (Å²) in [6.45, 7) is 6.06. The van der Waals surface area contributed by atoms with E-state index in [1.54, 1.807) is 38.1 Å². The number of para-hydroxylation sites is 1. The molecule has 0 aliphatic heterocycles. The maximum atomic E-state index is 12.2.